The Balaban J connectivity index is 3.01. The Morgan fingerprint density at radius 1 is 1.55 bits per heavy atom. The number of amides is 2. The third-order valence-electron chi connectivity index (χ3n) is 1.01. The van der Waals surface area contributed by atoms with Crippen LogP contribution in [0, 0.1) is 0 Å². The summed E-state index contributed by atoms with van der Waals surface area (Å²) in [4.78, 5) is 24.3. The standard InChI is InChI=1S/C4H2Cl2N2O3/c5-1-2(9)7-4(11)8(6)3(1)10/h1H,(H,7,9,11)/t1-/m0/s1. The minimum Gasteiger partial charge on any atom is -0.479 e. The molecule has 0 saturated carbocycles. The highest BCUT2D eigenvalue weighted by atomic mass is 35.5. The van der Waals surface area contributed by atoms with Gasteiger partial charge in [0.2, 0.25) is 0 Å². The lowest BCUT2D eigenvalue weighted by atomic mass is 10.3. The predicted octanol–water partition coefficient (Wildman–Crippen LogP) is 0.0304. The number of halogens is 2. The smallest absolute Gasteiger partial charge is 0.315 e. The number of hydrogen-bond acceptors (Lipinski definition) is 2. The summed E-state index contributed by atoms with van der Waals surface area (Å²) in [5.74, 6) is -1.81. The Hall–Kier alpha value is -0.810. The summed E-state index contributed by atoms with van der Waals surface area (Å²) >= 11 is 10.4. The first-order valence-corrected chi connectivity index (χ1v) is 3.27. The third-order valence-corrected chi connectivity index (χ3v) is 1.70. The van der Waals surface area contributed by atoms with E-state index in [1.54, 1.807) is 0 Å². The highest BCUT2D eigenvalue weighted by Crippen LogP contribution is 2.12. The average molecular weight is 197 g/mol. The molecule has 0 bridgehead atoms. The first kappa shape index (κ1) is 8.29. The van der Waals surface area contributed by atoms with Crippen molar-refractivity contribution in [2.24, 2.45) is 4.99 Å². The van der Waals surface area contributed by atoms with Gasteiger partial charge in [-0.1, -0.05) is 0 Å². The molecule has 1 heterocycles. The van der Waals surface area contributed by atoms with E-state index in [2.05, 4.69) is 4.99 Å². The zero-order valence-electron chi connectivity index (χ0n) is 4.99. The zero-order chi connectivity index (χ0) is 8.59. The minimum atomic E-state index is -1.43. The summed E-state index contributed by atoms with van der Waals surface area (Å²) in [6.45, 7) is 0. The second kappa shape index (κ2) is 2.67. The third kappa shape index (κ3) is 1.29. The van der Waals surface area contributed by atoms with E-state index in [4.69, 9.17) is 28.5 Å². The SMILES string of the molecule is O=C1N=C(O)N(Cl)C(=O)[C@H]1Cl. The van der Waals surface area contributed by atoms with Gasteiger partial charge in [0, 0.05) is 11.8 Å². The van der Waals surface area contributed by atoms with Crippen LogP contribution in [0.15, 0.2) is 4.99 Å². The fraction of sp³-hybridized carbons (Fsp3) is 0.250. The lowest BCUT2D eigenvalue weighted by Crippen LogP contribution is -2.43. The van der Waals surface area contributed by atoms with E-state index in [9.17, 15) is 9.59 Å². The van der Waals surface area contributed by atoms with Gasteiger partial charge >= 0.3 is 6.02 Å². The second-order valence-corrected chi connectivity index (χ2v) is 2.51. The number of aliphatic hydroxyl groups excluding tert-OH is 1. The Bertz CT molecular complexity index is 252. The molecule has 60 valence electrons. The molecule has 0 aromatic carbocycles. The van der Waals surface area contributed by atoms with E-state index < -0.39 is 23.2 Å². The van der Waals surface area contributed by atoms with Gasteiger partial charge in [-0.3, -0.25) is 9.59 Å². The van der Waals surface area contributed by atoms with Crippen molar-refractivity contribution in [1.82, 2.24) is 4.42 Å². The molecule has 0 radical (unpaired) electrons. The predicted molar refractivity (Wildman–Crippen MR) is 37.4 cm³/mol. The van der Waals surface area contributed by atoms with E-state index in [1.165, 1.54) is 0 Å². The van der Waals surface area contributed by atoms with Gasteiger partial charge in [0.25, 0.3) is 11.8 Å². The van der Waals surface area contributed by atoms with Crippen LogP contribution in [-0.2, 0) is 9.59 Å². The van der Waals surface area contributed by atoms with Gasteiger partial charge in [-0.2, -0.15) is 9.41 Å². The molecule has 5 nitrogen and oxygen atoms in total. The summed E-state index contributed by atoms with van der Waals surface area (Å²) < 4.78 is 0.291. The van der Waals surface area contributed by atoms with E-state index in [0.29, 0.717) is 4.42 Å². The molecule has 7 heteroatoms. The highest BCUT2D eigenvalue weighted by Gasteiger charge is 2.35. The van der Waals surface area contributed by atoms with E-state index >= 15 is 0 Å². The van der Waals surface area contributed by atoms with Gasteiger partial charge < -0.3 is 5.11 Å². The number of carbonyl (C=O) groups is 2. The lowest BCUT2D eigenvalue weighted by Gasteiger charge is -2.17. The topological polar surface area (TPSA) is 70.0 Å². The molecule has 0 unspecified atom stereocenters. The molecule has 0 aromatic heterocycles. The van der Waals surface area contributed by atoms with Crippen molar-refractivity contribution >= 4 is 41.2 Å². The zero-order valence-corrected chi connectivity index (χ0v) is 6.50. The van der Waals surface area contributed by atoms with Crippen molar-refractivity contribution in [1.29, 1.82) is 0 Å². The van der Waals surface area contributed by atoms with Gasteiger partial charge in [0.05, 0.1) is 0 Å². The van der Waals surface area contributed by atoms with Crippen LogP contribution in [0.3, 0.4) is 0 Å². The summed E-state index contributed by atoms with van der Waals surface area (Å²) in [5.41, 5.74) is 0. The number of rotatable bonds is 0. The quantitative estimate of drug-likeness (QED) is 0.338. The maximum absolute atomic E-state index is 10.7. The van der Waals surface area contributed by atoms with Crippen molar-refractivity contribution in [2.75, 3.05) is 0 Å². The fourth-order valence-corrected chi connectivity index (χ4v) is 0.835. The molecule has 2 amide bonds. The van der Waals surface area contributed by atoms with E-state index in [0.717, 1.165) is 0 Å². The number of hydrogen-bond donors (Lipinski definition) is 1. The normalized spacial score (nSPS) is 25.5. The highest BCUT2D eigenvalue weighted by molar-refractivity contribution is 6.48. The molecule has 1 aliphatic rings. The monoisotopic (exact) mass is 196 g/mol. The van der Waals surface area contributed by atoms with Crippen LogP contribution in [0.5, 0.6) is 0 Å². The number of alkyl halides is 1. The minimum absolute atomic E-state index is 0.291. The van der Waals surface area contributed by atoms with Crippen LogP contribution in [0.4, 0.5) is 0 Å². The molecule has 0 aliphatic carbocycles. The molecule has 0 aromatic rings. The Morgan fingerprint density at radius 3 is 2.64 bits per heavy atom. The summed E-state index contributed by atoms with van der Waals surface area (Å²) in [6.07, 6.45) is 0. The lowest BCUT2D eigenvalue weighted by molar-refractivity contribution is -0.130. The van der Waals surface area contributed by atoms with Crippen LogP contribution in [-0.4, -0.2) is 32.7 Å². The molecule has 0 saturated heterocycles. The Labute approximate surface area is 71.3 Å². The summed E-state index contributed by atoms with van der Waals surface area (Å²) in [6, 6.07) is -0.849. The van der Waals surface area contributed by atoms with Crippen molar-refractivity contribution < 1.29 is 14.7 Å². The summed E-state index contributed by atoms with van der Waals surface area (Å²) in [7, 11) is 0. The fourth-order valence-electron chi connectivity index (χ4n) is 0.503. The van der Waals surface area contributed by atoms with Gasteiger partial charge in [-0.15, -0.1) is 11.6 Å². The molecule has 0 fully saturated rings. The van der Waals surface area contributed by atoms with Crippen LogP contribution < -0.4 is 0 Å². The molecule has 1 atom stereocenters. The Morgan fingerprint density at radius 2 is 2.09 bits per heavy atom. The maximum Gasteiger partial charge on any atom is 0.315 e. The molecule has 1 rings (SSSR count). The number of amidine groups is 1. The van der Waals surface area contributed by atoms with Gasteiger partial charge in [0.15, 0.2) is 5.38 Å². The maximum atomic E-state index is 10.7. The van der Waals surface area contributed by atoms with Gasteiger partial charge in [0.1, 0.15) is 0 Å². The molecule has 1 aliphatic heterocycles. The first-order chi connectivity index (χ1) is 5.04. The van der Waals surface area contributed by atoms with E-state index in [1.807, 2.05) is 0 Å². The molecular weight excluding hydrogens is 195 g/mol. The van der Waals surface area contributed by atoms with Crippen molar-refractivity contribution in [3.8, 4) is 0 Å². The second-order valence-electron chi connectivity index (χ2n) is 1.73. The van der Waals surface area contributed by atoms with Gasteiger partial charge in [-0.05, 0) is 0 Å². The molecular formula is C4H2Cl2N2O3. The van der Waals surface area contributed by atoms with Crippen LogP contribution >= 0.6 is 23.4 Å². The number of aliphatic hydroxyl groups is 1. The molecule has 1 N–H and O–H groups in total. The number of carbonyl (C=O) groups excluding carboxylic acids is 2. The van der Waals surface area contributed by atoms with Crippen LogP contribution in [0.25, 0.3) is 0 Å². The molecule has 11 heavy (non-hydrogen) atoms. The van der Waals surface area contributed by atoms with Gasteiger partial charge in [-0.25, -0.2) is 0 Å². The van der Waals surface area contributed by atoms with Crippen molar-refractivity contribution in [3.63, 3.8) is 0 Å². The van der Waals surface area contributed by atoms with E-state index in [-0.39, 0.29) is 0 Å². The first-order valence-electron chi connectivity index (χ1n) is 2.49. The summed E-state index contributed by atoms with van der Waals surface area (Å²) in [5, 5.41) is 7.25. The van der Waals surface area contributed by atoms with Crippen molar-refractivity contribution in [2.45, 2.75) is 5.38 Å². The van der Waals surface area contributed by atoms with Crippen LogP contribution in [0.1, 0.15) is 0 Å². The van der Waals surface area contributed by atoms with Crippen LogP contribution in [0.2, 0.25) is 0 Å². The van der Waals surface area contributed by atoms with Crippen molar-refractivity contribution in [3.05, 3.63) is 0 Å². The largest absolute Gasteiger partial charge is 0.479 e. The average Bonchev–Trinajstić information content (AvgIpc) is 1.97. The number of nitrogens with zero attached hydrogens (tertiary/aromatic N) is 2. The molecule has 0 spiro atoms. The number of aliphatic imine (C=N–C) groups is 1. The Kier molecular flexibility index (Phi) is 2.01.